The number of hydrogen-bond acceptors (Lipinski definition) is 8. The van der Waals surface area contributed by atoms with Crippen molar-refractivity contribution in [2.75, 3.05) is 10.6 Å². The van der Waals surface area contributed by atoms with E-state index in [1.807, 2.05) is 37.3 Å². The molecule has 0 atom stereocenters. The van der Waals surface area contributed by atoms with Gasteiger partial charge in [0.2, 0.25) is 11.8 Å². The van der Waals surface area contributed by atoms with Gasteiger partial charge in [-0.15, -0.1) is 0 Å². The van der Waals surface area contributed by atoms with E-state index in [2.05, 4.69) is 20.7 Å². The number of rotatable bonds is 9. The zero-order chi connectivity index (χ0) is 40.3. The molecule has 11 nitrogen and oxygen atoms in total. The van der Waals surface area contributed by atoms with E-state index >= 15 is 0 Å². The zero-order valence-electron chi connectivity index (χ0n) is 30.6. The molecule has 0 aliphatic heterocycles. The van der Waals surface area contributed by atoms with E-state index in [-0.39, 0.29) is 15.6 Å². The van der Waals surface area contributed by atoms with Crippen LogP contribution in [0.15, 0.2) is 113 Å². The highest BCUT2D eigenvalue weighted by Crippen LogP contribution is 2.31. The monoisotopic (exact) mass is 783 g/mol. The fraction of sp³-hybridized carbons (Fsp3) is 0.263. The zero-order valence-corrected chi connectivity index (χ0v) is 32.2. The van der Waals surface area contributed by atoms with Gasteiger partial charge in [0.25, 0.3) is 0 Å². The summed E-state index contributed by atoms with van der Waals surface area (Å²) < 4.78 is 87.2. The van der Waals surface area contributed by atoms with E-state index in [4.69, 9.17) is 0 Å². The van der Waals surface area contributed by atoms with Crippen LogP contribution in [0.5, 0.6) is 0 Å². The summed E-state index contributed by atoms with van der Waals surface area (Å²) in [4.78, 5) is 29.0. The maximum Gasteiger partial charge on any atom is 0.417 e. The van der Waals surface area contributed by atoms with Gasteiger partial charge in [-0.25, -0.2) is 21.8 Å². The van der Waals surface area contributed by atoms with Crippen LogP contribution in [0.3, 0.4) is 0 Å². The number of anilines is 2. The second-order valence-electron chi connectivity index (χ2n) is 13.4. The van der Waals surface area contributed by atoms with E-state index in [1.54, 1.807) is 44.3 Å². The molecule has 2 N–H and O–H groups in total. The minimum atomic E-state index is -4.55. The third kappa shape index (κ3) is 8.88. The lowest BCUT2D eigenvalue weighted by Crippen LogP contribution is -2.44. The Kier molecular flexibility index (Phi) is 11.9. The predicted molar refractivity (Wildman–Crippen MR) is 200 cm³/mol. The number of hydrogen-bond donors (Lipinski definition) is 2. The number of nitrogens with zero attached hydrogens (tertiary/aromatic N) is 3. The molecule has 0 saturated carbocycles. The Morgan fingerprint density at radius 3 is 1.56 bits per heavy atom. The number of aryl methyl sites for hydroxylation is 3. The van der Waals surface area contributed by atoms with Crippen molar-refractivity contribution in [2.45, 2.75) is 67.0 Å². The minimum absolute atomic E-state index is 0.0244. The smallest absolute Gasteiger partial charge is 0.310 e. The van der Waals surface area contributed by atoms with Crippen LogP contribution in [0.25, 0.3) is 11.3 Å². The Bertz CT molecular complexity index is 2340. The first-order chi connectivity index (χ1) is 25.0. The van der Waals surface area contributed by atoms with Gasteiger partial charge >= 0.3 is 6.18 Å². The van der Waals surface area contributed by atoms with Gasteiger partial charge in [0.05, 0.1) is 21.0 Å². The first kappa shape index (κ1) is 41.4. The van der Waals surface area contributed by atoms with Crippen LogP contribution >= 0.6 is 0 Å². The maximum absolute atomic E-state index is 13.0. The number of pyridine rings is 1. The topological polar surface area (TPSA) is 157 Å². The molecule has 0 radical (unpaired) electrons. The quantitative estimate of drug-likeness (QED) is 0.159. The summed E-state index contributed by atoms with van der Waals surface area (Å²) in [5.74, 6) is -1.26. The van der Waals surface area contributed by atoms with Crippen LogP contribution in [0.1, 0.15) is 44.4 Å². The highest BCUT2D eigenvalue weighted by molar-refractivity contribution is 7.94. The van der Waals surface area contributed by atoms with E-state index in [1.165, 1.54) is 56.6 Å². The molecule has 16 heteroatoms. The number of aromatic nitrogens is 3. The number of sulfone groups is 2. The first-order valence-corrected chi connectivity index (χ1v) is 19.3. The molecular weight excluding hydrogens is 744 g/mol. The van der Waals surface area contributed by atoms with E-state index in [0.717, 1.165) is 28.8 Å². The van der Waals surface area contributed by atoms with Crippen molar-refractivity contribution in [1.29, 1.82) is 0 Å². The minimum Gasteiger partial charge on any atom is -0.310 e. The molecule has 2 heterocycles. The average molecular weight is 784 g/mol. The van der Waals surface area contributed by atoms with Crippen LogP contribution in [0, 0.1) is 13.8 Å². The fourth-order valence-corrected chi connectivity index (χ4v) is 7.53. The van der Waals surface area contributed by atoms with Crippen LogP contribution in [0.2, 0.25) is 0 Å². The second-order valence-corrected chi connectivity index (χ2v) is 18.4. The largest absolute Gasteiger partial charge is 0.417 e. The molecule has 0 fully saturated rings. The van der Waals surface area contributed by atoms with Crippen molar-refractivity contribution < 1.29 is 39.6 Å². The molecule has 5 rings (SSSR count). The Morgan fingerprint density at radius 1 is 0.667 bits per heavy atom. The second kappa shape index (κ2) is 15.6. The molecule has 0 bridgehead atoms. The summed E-state index contributed by atoms with van der Waals surface area (Å²) in [7, 11) is -6.20. The van der Waals surface area contributed by atoms with E-state index in [9.17, 15) is 39.6 Å². The highest BCUT2D eigenvalue weighted by atomic mass is 32.2. The lowest BCUT2D eigenvalue weighted by atomic mass is 10.1. The number of benzene rings is 3. The molecule has 2 amide bonds. The van der Waals surface area contributed by atoms with E-state index < -0.39 is 52.7 Å². The van der Waals surface area contributed by atoms with Gasteiger partial charge in [0, 0.05) is 24.9 Å². The number of carbonyl (C=O) groups is 2. The summed E-state index contributed by atoms with van der Waals surface area (Å²) >= 11 is 0. The van der Waals surface area contributed by atoms with Gasteiger partial charge in [0.15, 0.2) is 19.7 Å². The summed E-state index contributed by atoms with van der Waals surface area (Å²) in [6, 6.07) is 25.5. The number of carbonyl (C=O) groups excluding carboxylic acids is 2. The Balaban J connectivity index is 0.000000241. The molecule has 2 aromatic heterocycles. The third-order valence-corrected chi connectivity index (χ3v) is 13.5. The molecule has 0 saturated heterocycles. The highest BCUT2D eigenvalue weighted by Gasteiger charge is 2.44. The standard InChI is InChI=1S/C21H23N3O3S.C17H17F3N2O3S/c1-15-10-12-17(13-11-15)28(26,27)21(2,3)20(25)22-19-14-18(23-24(19)4)16-8-6-5-7-9-16;1-11-4-7-13(8-5-11)26(24,25)16(2,3)15(23)22-14-9-6-12(10-21-14)17(18,19)20/h5-14H,1-4H3,(H,22,25);4-10H,1-3H3,(H,21,22,23). The lowest BCUT2D eigenvalue weighted by molar-refractivity contribution is -0.137. The number of nitrogens with one attached hydrogen (secondary N) is 2. The van der Waals surface area contributed by atoms with Crippen molar-refractivity contribution in [2.24, 2.45) is 7.05 Å². The van der Waals surface area contributed by atoms with Crippen molar-refractivity contribution >= 4 is 43.1 Å². The van der Waals surface area contributed by atoms with E-state index in [0.29, 0.717) is 17.7 Å². The molecule has 0 aliphatic carbocycles. The van der Waals surface area contributed by atoms with Crippen LogP contribution in [-0.4, -0.2) is 52.9 Å². The molecular formula is C38H40F3N5O6S2. The molecule has 0 aliphatic rings. The number of halogens is 3. The van der Waals surface area contributed by atoms with Gasteiger partial charge in [-0.1, -0.05) is 65.7 Å². The molecule has 0 unspecified atom stereocenters. The molecule has 54 heavy (non-hydrogen) atoms. The van der Waals surface area contributed by atoms with Gasteiger partial charge in [-0.05, 0) is 77.9 Å². The van der Waals surface area contributed by atoms with Gasteiger partial charge in [-0.3, -0.25) is 14.3 Å². The number of alkyl halides is 3. The Morgan fingerprint density at radius 2 is 1.13 bits per heavy atom. The maximum atomic E-state index is 13.0. The predicted octanol–water partition coefficient (Wildman–Crippen LogP) is 7.19. The summed E-state index contributed by atoms with van der Waals surface area (Å²) in [5, 5.41) is 9.36. The average Bonchev–Trinajstić information content (AvgIpc) is 3.48. The first-order valence-electron chi connectivity index (χ1n) is 16.4. The van der Waals surface area contributed by atoms with Crippen LogP contribution in [0.4, 0.5) is 24.8 Å². The van der Waals surface area contributed by atoms with Gasteiger partial charge < -0.3 is 10.6 Å². The van der Waals surface area contributed by atoms with Crippen molar-refractivity contribution in [1.82, 2.24) is 14.8 Å². The number of amides is 2. The molecule has 5 aromatic rings. The Hall–Kier alpha value is -5.35. The van der Waals surface area contributed by atoms with Crippen LogP contribution in [-0.2, 0) is 42.5 Å². The van der Waals surface area contributed by atoms with Crippen molar-refractivity contribution in [3.63, 3.8) is 0 Å². The molecule has 0 spiro atoms. The summed E-state index contributed by atoms with van der Waals surface area (Å²) in [6.07, 6.45) is -3.99. The lowest BCUT2D eigenvalue weighted by Gasteiger charge is -2.24. The Labute approximate surface area is 312 Å². The summed E-state index contributed by atoms with van der Waals surface area (Å²) in [6.45, 7) is 8.94. The van der Waals surface area contributed by atoms with Crippen molar-refractivity contribution in [3.05, 3.63) is 120 Å². The third-order valence-electron chi connectivity index (χ3n) is 8.62. The van der Waals surface area contributed by atoms with Crippen LogP contribution < -0.4 is 10.6 Å². The molecule has 286 valence electrons. The van der Waals surface area contributed by atoms with Gasteiger partial charge in [-0.2, -0.15) is 18.3 Å². The molecule has 3 aromatic carbocycles. The normalized spacial score (nSPS) is 12.3. The summed E-state index contributed by atoms with van der Waals surface area (Å²) in [5.41, 5.74) is 2.44. The SMILES string of the molecule is Cc1ccc(S(=O)(=O)C(C)(C)C(=O)Nc2cc(-c3ccccc3)nn2C)cc1.Cc1ccc(S(=O)(=O)C(C)(C)C(=O)Nc2ccc(C(F)(F)F)cn2)cc1. The van der Waals surface area contributed by atoms with Gasteiger partial charge in [0.1, 0.15) is 21.1 Å². The van der Waals surface area contributed by atoms with Crippen molar-refractivity contribution in [3.8, 4) is 11.3 Å². The fourth-order valence-electron chi connectivity index (χ4n) is 4.77.